The Hall–Kier alpha value is -3.17. The van der Waals surface area contributed by atoms with Crippen molar-refractivity contribution in [2.24, 2.45) is 4.99 Å². The lowest BCUT2D eigenvalue weighted by atomic mass is 10.1. The largest absolute Gasteiger partial charge is 0.416 e. The first kappa shape index (κ1) is 23.1. The number of rotatable bonds is 7. The van der Waals surface area contributed by atoms with Gasteiger partial charge < -0.3 is 16.0 Å². The predicted molar refractivity (Wildman–Crippen MR) is 103 cm³/mol. The smallest absolute Gasteiger partial charge is 0.355 e. The summed E-state index contributed by atoms with van der Waals surface area (Å²) in [5.41, 5.74) is -0.517. The summed E-state index contributed by atoms with van der Waals surface area (Å²) in [6.45, 7) is 0.293. The molecule has 0 bridgehead atoms. The minimum atomic E-state index is -4.68. The van der Waals surface area contributed by atoms with E-state index in [1.54, 1.807) is 0 Å². The lowest BCUT2D eigenvalue weighted by molar-refractivity contribution is -0.138. The average molecular weight is 428 g/mol. The molecule has 0 radical (unpaired) electrons. The summed E-state index contributed by atoms with van der Waals surface area (Å²) in [6, 6.07) is 8.04. The molecule has 0 spiro atoms. The molecule has 0 aromatic heterocycles. The quantitative estimate of drug-likeness (QED) is 0.275. The van der Waals surface area contributed by atoms with Gasteiger partial charge in [0.25, 0.3) is 0 Å². The van der Waals surface area contributed by atoms with E-state index in [-0.39, 0.29) is 49.3 Å². The number of aliphatic imine (C=N–C) groups is 1. The number of benzene rings is 2. The third-order valence-electron chi connectivity index (χ3n) is 4.06. The maximum absolute atomic E-state index is 13.2. The van der Waals surface area contributed by atoms with Gasteiger partial charge in [-0.3, -0.25) is 9.79 Å². The van der Waals surface area contributed by atoms with Crippen LogP contribution in [0.4, 0.5) is 22.0 Å². The van der Waals surface area contributed by atoms with Gasteiger partial charge in [-0.15, -0.1) is 0 Å². The summed E-state index contributed by atoms with van der Waals surface area (Å²) in [5, 5.41) is 8.24. The Balaban J connectivity index is 1.78. The molecule has 10 heteroatoms. The van der Waals surface area contributed by atoms with E-state index in [9.17, 15) is 26.7 Å². The molecule has 0 saturated carbocycles. The van der Waals surface area contributed by atoms with Crippen LogP contribution in [-0.2, 0) is 23.9 Å². The van der Waals surface area contributed by atoms with Gasteiger partial charge in [-0.2, -0.15) is 13.2 Å². The standard InChI is InChI=1S/C20H21F5N4O/c1-26-19(29-12-14-4-7-16(22)11-17(14)20(23,24)25)28-9-8-27-18(30)10-13-2-5-15(21)6-3-13/h2-7,11H,8-10,12H2,1H3,(H,27,30)(H2,26,28,29). The second-order valence-electron chi connectivity index (χ2n) is 6.30. The van der Waals surface area contributed by atoms with Gasteiger partial charge in [0.1, 0.15) is 11.6 Å². The predicted octanol–water partition coefficient (Wildman–Crippen LogP) is 3.01. The number of guanidine groups is 1. The highest BCUT2D eigenvalue weighted by atomic mass is 19.4. The van der Waals surface area contributed by atoms with Crippen LogP contribution in [0.5, 0.6) is 0 Å². The molecule has 2 aromatic rings. The van der Waals surface area contributed by atoms with E-state index >= 15 is 0 Å². The molecule has 3 N–H and O–H groups in total. The Labute approximate surface area is 170 Å². The zero-order valence-electron chi connectivity index (χ0n) is 16.1. The normalized spacial score (nSPS) is 11.9. The summed E-state index contributed by atoms with van der Waals surface area (Å²) < 4.78 is 65.1. The van der Waals surface area contributed by atoms with Crippen LogP contribution in [-0.4, -0.2) is 32.0 Å². The Morgan fingerprint density at radius 2 is 1.57 bits per heavy atom. The number of amides is 1. The maximum atomic E-state index is 13.2. The number of hydrogen-bond donors (Lipinski definition) is 3. The SMILES string of the molecule is CN=C(NCCNC(=O)Cc1ccc(F)cc1)NCc1ccc(F)cc1C(F)(F)F. The summed E-state index contributed by atoms with van der Waals surface area (Å²) in [4.78, 5) is 15.8. The fourth-order valence-electron chi connectivity index (χ4n) is 2.60. The van der Waals surface area contributed by atoms with E-state index in [1.165, 1.54) is 31.3 Å². The van der Waals surface area contributed by atoms with Crippen LogP contribution in [0, 0.1) is 11.6 Å². The molecule has 162 valence electrons. The van der Waals surface area contributed by atoms with Gasteiger partial charge >= 0.3 is 6.18 Å². The van der Waals surface area contributed by atoms with E-state index < -0.39 is 17.6 Å². The van der Waals surface area contributed by atoms with Crippen molar-refractivity contribution in [2.75, 3.05) is 20.1 Å². The monoisotopic (exact) mass is 428 g/mol. The minimum absolute atomic E-state index is 0.0953. The second kappa shape index (κ2) is 10.6. The molecule has 0 aliphatic heterocycles. The Morgan fingerprint density at radius 1 is 0.933 bits per heavy atom. The molecule has 0 unspecified atom stereocenters. The molecule has 0 atom stereocenters. The zero-order chi connectivity index (χ0) is 22.1. The molecule has 0 saturated heterocycles. The highest BCUT2D eigenvalue weighted by Gasteiger charge is 2.33. The fraction of sp³-hybridized carbons (Fsp3) is 0.300. The van der Waals surface area contributed by atoms with Gasteiger partial charge in [0.15, 0.2) is 5.96 Å². The first-order chi connectivity index (χ1) is 14.2. The number of halogens is 5. The topological polar surface area (TPSA) is 65.5 Å². The molecule has 30 heavy (non-hydrogen) atoms. The first-order valence-corrected chi connectivity index (χ1v) is 9.00. The molecule has 0 heterocycles. The molecule has 5 nitrogen and oxygen atoms in total. The Bertz CT molecular complexity index is 882. The molecule has 2 rings (SSSR count). The number of nitrogens with zero attached hydrogens (tertiary/aromatic N) is 1. The average Bonchev–Trinajstić information content (AvgIpc) is 2.69. The highest BCUT2D eigenvalue weighted by molar-refractivity contribution is 5.80. The first-order valence-electron chi connectivity index (χ1n) is 9.00. The highest BCUT2D eigenvalue weighted by Crippen LogP contribution is 2.32. The molecule has 0 aliphatic rings. The van der Waals surface area contributed by atoms with Crippen molar-refractivity contribution in [1.29, 1.82) is 0 Å². The molecule has 2 aromatic carbocycles. The Kier molecular flexibility index (Phi) is 8.14. The number of alkyl halides is 3. The second-order valence-corrected chi connectivity index (χ2v) is 6.30. The molecule has 0 aliphatic carbocycles. The van der Waals surface area contributed by atoms with Crippen molar-refractivity contribution < 1.29 is 26.7 Å². The maximum Gasteiger partial charge on any atom is 0.416 e. The molecule has 1 amide bonds. The lowest BCUT2D eigenvalue weighted by Crippen LogP contribution is -2.41. The summed E-state index contributed by atoms with van der Waals surface area (Å²) in [5.74, 6) is -1.39. The van der Waals surface area contributed by atoms with Crippen molar-refractivity contribution in [3.63, 3.8) is 0 Å². The van der Waals surface area contributed by atoms with Crippen LogP contribution in [0.2, 0.25) is 0 Å². The minimum Gasteiger partial charge on any atom is -0.355 e. The van der Waals surface area contributed by atoms with E-state index in [1.807, 2.05) is 0 Å². The Morgan fingerprint density at radius 3 is 2.20 bits per heavy atom. The van der Waals surface area contributed by atoms with E-state index in [0.717, 1.165) is 12.1 Å². The van der Waals surface area contributed by atoms with Gasteiger partial charge in [0, 0.05) is 26.7 Å². The van der Waals surface area contributed by atoms with Crippen molar-refractivity contribution in [3.05, 3.63) is 70.8 Å². The van der Waals surface area contributed by atoms with Crippen molar-refractivity contribution in [1.82, 2.24) is 16.0 Å². The number of nitrogens with one attached hydrogen (secondary N) is 3. The number of carbonyl (C=O) groups excluding carboxylic acids is 1. The summed E-state index contributed by atoms with van der Waals surface area (Å²) in [7, 11) is 1.44. The van der Waals surface area contributed by atoms with Crippen LogP contribution in [0.25, 0.3) is 0 Å². The number of hydrogen-bond acceptors (Lipinski definition) is 2. The van der Waals surface area contributed by atoms with Crippen LogP contribution in [0.15, 0.2) is 47.5 Å². The van der Waals surface area contributed by atoms with Crippen LogP contribution in [0.1, 0.15) is 16.7 Å². The lowest BCUT2D eigenvalue weighted by Gasteiger charge is -2.16. The van der Waals surface area contributed by atoms with Gasteiger partial charge in [0.2, 0.25) is 5.91 Å². The number of carbonyl (C=O) groups is 1. The van der Waals surface area contributed by atoms with E-state index in [2.05, 4.69) is 20.9 Å². The van der Waals surface area contributed by atoms with Crippen LogP contribution >= 0.6 is 0 Å². The molecular weight excluding hydrogens is 407 g/mol. The van der Waals surface area contributed by atoms with Crippen molar-refractivity contribution >= 4 is 11.9 Å². The summed E-state index contributed by atoms with van der Waals surface area (Å²) in [6.07, 6.45) is -4.58. The van der Waals surface area contributed by atoms with Crippen LogP contribution < -0.4 is 16.0 Å². The van der Waals surface area contributed by atoms with Gasteiger partial charge in [-0.05, 0) is 35.4 Å². The van der Waals surface area contributed by atoms with E-state index in [0.29, 0.717) is 11.6 Å². The molecular formula is C20H21F5N4O. The van der Waals surface area contributed by atoms with Crippen molar-refractivity contribution in [3.8, 4) is 0 Å². The third kappa shape index (κ3) is 7.34. The summed E-state index contributed by atoms with van der Waals surface area (Å²) >= 11 is 0. The van der Waals surface area contributed by atoms with Gasteiger partial charge in [0.05, 0.1) is 12.0 Å². The fourth-order valence-corrected chi connectivity index (χ4v) is 2.60. The van der Waals surface area contributed by atoms with E-state index in [4.69, 9.17) is 0 Å². The van der Waals surface area contributed by atoms with Crippen LogP contribution in [0.3, 0.4) is 0 Å². The zero-order valence-corrected chi connectivity index (χ0v) is 16.1. The van der Waals surface area contributed by atoms with Crippen molar-refractivity contribution in [2.45, 2.75) is 19.1 Å². The third-order valence-corrected chi connectivity index (χ3v) is 4.06. The van der Waals surface area contributed by atoms with Gasteiger partial charge in [-0.1, -0.05) is 18.2 Å². The van der Waals surface area contributed by atoms with Gasteiger partial charge in [-0.25, -0.2) is 8.78 Å². The molecule has 0 fully saturated rings.